The second-order valence-electron chi connectivity index (χ2n) is 11.1. The number of phenolic OH excluding ortho intramolecular Hbond substituents is 2. The van der Waals surface area contributed by atoms with Crippen LogP contribution >= 0.6 is 0 Å². The van der Waals surface area contributed by atoms with Crippen LogP contribution in [0.4, 0.5) is 4.39 Å². The summed E-state index contributed by atoms with van der Waals surface area (Å²) in [6.07, 6.45) is 9.05. The van der Waals surface area contributed by atoms with Crippen LogP contribution in [0.2, 0.25) is 0 Å². The molecule has 44 heavy (non-hydrogen) atoms. The van der Waals surface area contributed by atoms with Crippen LogP contribution in [-0.2, 0) is 16.1 Å². The van der Waals surface area contributed by atoms with Gasteiger partial charge in [-0.25, -0.2) is 9.18 Å². The zero-order chi connectivity index (χ0) is 32.5. The van der Waals surface area contributed by atoms with Crippen molar-refractivity contribution >= 4 is 23.5 Å². The number of carbonyl (C=O) groups is 4. The fraction of sp³-hybridized carbons (Fsp3) is 0.543. The van der Waals surface area contributed by atoms with Crippen molar-refractivity contribution in [3.05, 3.63) is 52.3 Å². The molecule has 0 aromatic heterocycles. The standard InChI is InChI=1S/C35H47FO8/c1-4-7-10-13-16-26(37)29-31(35(42)43-23-24-19-21-25(36)22-20-24)30(27(38)17-14-11-8-5-2)34(33(41)32(29)40)44-28(39)18-15-12-9-6-3/h19-22,40-41H,4-18,23H2,1-3H3. The summed E-state index contributed by atoms with van der Waals surface area (Å²) in [5.74, 6) is -6.17. The molecule has 0 heterocycles. The van der Waals surface area contributed by atoms with Gasteiger partial charge in [-0.15, -0.1) is 0 Å². The maximum absolute atomic E-state index is 13.7. The Morgan fingerprint density at radius 3 is 1.66 bits per heavy atom. The molecule has 0 bridgehead atoms. The van der Waals surface area contributed by atoms with Crippen LogP contribution in [0.15, 0.2) is 24.3 Å². The summed E-state index contributed by atoms with van der Waals surface area (Å²) < 4.78 is 24.3. The maximum atomic E-state index is 13.7. The van der Waals surface area contributed by atoms with Crippen LogP contribution in [0.25, 0.3) is 0 Å². The average molecular weight is 615 g/mol. The van der Waals surface area contributed by atoms with E-state index in [9.17, 15) is 33.8 Å². The molecule has 242 valence electrons. The van der Waals surface area contributed by atoms with E-state index in [1.54, 1.807) is 0 Å². The molecule has 9 heteroatoms. The number of ketones is 2. The lowest BCUT2D eigenvalue weighted by Crippen LogP contribution is -2.21. The van der Waals surface area contributed by atoms with E-state index >= 15 is 0 Å². The molecular formula is C35H47FO8. The monoisotopic (exact) mass is 614 g/mol. The maximum Gasteiger partial charge on any atom is 0.340 e. The van der Waals surface area contributed by atoms with E-state index in [-0.39, 0.29) is 25.9 Å². The van der Waals surface area contributed by atoms with Crippen molar-refractivity contribution in [1.29, 1.82) is 0 Å². The highest BCUT2D eigenvalue weighted by molar-refractivity contribution is 6.17. The molecule has 0 amide bonds. The number of esters is 2. The Morgan fingerprint density at radius 1 is 0.636 bits per heavy atom. The third-order valence-electron chi connectivity index (χ3n) is 7.41. The molecule has 0 aliphatic heterocycles. The molecular weight excluding hydrogens is 567 g/mol. The number of rotatable bonds is 21. The highest BCUT2D eigenvalue weighted by atomic mass is 19.1. The zero-order valence-corrected chi connectivity index (χ0v) is 26.3. The minimum atomic E-state index is -1.11. The lowest BCUT2D eigenvalue weighted by Gasteiger charge is -2.20. The molecule has 0 atom stereocenters. The molecule has 0 unspecified atom stereocenters. The second-order valence-corrected chi connectivity index (χ2v) is 11.1. The van der Waals surface area contributed by atoms with Crippen LogP contribution in [0.5, 0.6) is 17.2 Å². The topological polar surface area (TPSA) is 127 Å². The number of aromatic hydroxyl groups is 2. The molecule has 8 nitrogen and oxygen atoms in total. The van der Waals surface area contributed by atoms with Gasteiger partial charge >= 0.3 is 11.9 Å². The van der Waals surface area contributed by atoms with Gasteiger partial charge in [0.15, 0.2) is 23.1 Å². The van der Waals surface area contributed by atoms with Crippen molar-refractivity contribution in [3.8, 4) is 17.2 Å². The smallest absolute Gasteiger partial charge is 0.340 e. The van der Waals surface area contributed by atoms with Gasteiger partial charge < -0.3 is 19.7 Å². The van der Waals surface area contributed by atoms with Gasteiger partial charge in [-0.2, -0.15) is 0 Å². The fourth-order valence-electron chi connectivity index (χ4n) is 4.88. The van der Waals surface area contributed by atoms with E-state index in [4.69, 9.17) is 9.47 Å². The molecule has 0 aliphatic carbocycles. The first-order valence-electron chi connectivity index (χ1n) is 16.0. The number of carbonyl (C=O) groups excluding carboxylic acids is 4. The van der Waals surface area contributed by atoms with Crippen LogP contribution in [-0.4, -0.2) is 33.7 Å². The molecule has 0 spiro atoms. The Morgan fingerprint density at radius 2 is 1.14 bits per heavy atom. The number of Topliss-reactive ketones (excluding diaryl/α,β-unsaturated/α-hetero) is 2. The highest BCUT2D eigenvalue weighted by Gasteiger charge is 2.36. The molecule has 0 saturated heterocycles. The molecule has 2 aromatic carbocycles. The van der Waals surface area contributed by atoms with Gasteiger partial charge in [0.1, 0.15) is 12.4 Å². The average Bonchev–Trinajstić information content (AvgIpc) is 3.01. The summed E-state index contributed by atoms with van der Waals surface area (Å²) >= 11 is 0. The van der Waals surface area contributed by atoms with Crippen molar-refractivity contribution in [1.82, 2.24) is 0 Å². The Hall–Kier alpha value is -3.75. The van der Waals surface area contributed by atoms with Gasteiger partial charge in [-0.05, 0) is 37.0 Å². The van der Waals surface area contributed by atoms with E-state index in [1.807, 2.05) is 20.8 Å². The van der Waals surface area contributed by atoms with E-state index < -0.39 is 63.3 Å². The summed E-state index contributed by atoms with van der Waals surface area (Å²) in [6.45, 7) is 5.75. The summed E-state index contributed by atoms with van der Waals surface area (Å²) in [5, 5.41) is 22.1. The molecule has 2 aromatic rings. The molecule has 0 aliphatic rings. The lowest BCUT2D eigenvalue weighted by molar-refractivity contribution is -0.134. The molecule has 0 radical (unpaired) electrons. The van der Waals surface area contributed by atoms with Crippen molar-refractivity contribution in [2.24, 2.45) is 0 Å². The number of hydrogen-bond acceptors (Lipinski definition) is 8. The highest BCUT2D eigenvalue weighted by Crippen LogP contribution is 2.46. The predicted molar refractivity (Wildman–Crippen MR) is 166 cm³/mol. The van der Waals surface area contributed by atoms with Gasteiger partial charge in [0.2, 0.25) is 5.75 Å². The number of benzene rings is 2. The normalized spacial score (nSPS) is 10.9. The quantitative estimate of drug-likeness (QED) is 0.0470. The minimum Gasteiger partial charge on any atom is -0.504 e. The molecule has 0 saturated carbocycles. The van der Waals surface area contributed by atoms with Crippen LogP contribution < -0.4 is 4.74 Å². The third kappa shape index (κ3) is 11.1. The number of phenols is 2. The van der Waals surface area contributed by atoms with Crippen molar-refractivity contribution in [2.45, 2.75) is 124 Å². The zero-order valence-electron chi connectivity index (χ0n) is 26.3. The Labute approximate surface area is 260 Å². The van der Waals surface area contributed by atoms with Gasteiger partial charge in [0.25, 0.3) is 0 Å². The largest absolute Gasteiger partial charge is 0.504 e. The summed E-state index contributed by atoms with van der Waals surface area (Å²) in [5.41, 5.74) is -1.10. The Balaban J connectivity index is 2.64. The summed E-state index contributed by atoms with van der Waals surface area (Å²) in [7, 11) is 0. The van der Waals surface area contributed by atoms with Crippen LogP contribution in [0, 0.1) is 5.82 Å². The van der Waals surface area contributed by atoms with E-state index in [1.165, 1.54) is 24.3 Å². The fourth-order valence-corrected chi connectivity index (χ4v) is 4.88. The minimum absolute atomic E-state index is 0.00715. The first-order chi connectivity index (χ1) is 21.2. The number of ether oxygens (including phenoxy) is 2. The van der Waals surface area contributed by atoms with E-state index in [2.05, 4.69) is 0 Å². The van der Waals surface area contributed by atoms with Crippen LogP contribution in [0.1, 0.15) is 154 Å². The Bertz CT molecular complexity index is 1250. The summed E-state index contributed by atoms with van der Waals surface area (Å²) in [6, 6.07) is 5.23. The lowest BCUT2D eigenvalue weighted by atomic mass is 9.89. The van der Waals surface area contributed by atoms with Gasteiger partial charge in [-0.3, -0.25) is 14.4 Å². The third-order valence-corrected chi connectivity index (χ3v) is 7.41. The Kier molecular flexibility index (Phi) is 16.2. The first-order valence-corrected chi connectivity index (χ1v) is 16.0. The van der Waals surface area contributed by atoms with Gasteiger partial charge in [0, 0.05) is 19.3 Å². The number of hydrogen-bond donors (Lipinski definition) is 2. The molecule has 2 rings (SSSR count). The van der Waals surface area contributed by atoms with E-state index in [0.717, 1.165) is 57.8 Å². The number of halogens is 1. The number of unbranched alkanes of at least 4 members (excludes halogenated alkanes) is 9. The molecule has 0 fully saturated rings. The van der Waals surface area contributed by atoms with Gasteiger partial charge in [-0.1, -0.05) is 90.7 Å². The van der Waals surface area contributed by atoms with Crippen molar-refractivity contribution in [2.75, 3.05) is 0 Å². The SMILES string of the molecule is CCCCCCC(=O)Oc1c(O)c(O)c(C(=O)CCCCCC)c(C(=O)OCc2ccc(F)cc2)c1C(=O)CCCCCC. The predicted octanol–water partition coefficient (Wildman–Crippen LogP) is 8.78. The molecule has 2 N–H and O–H groups in total. The first kappa shape index (κ1) is 36.4. The second kappa shape index (κ2) is 19.5. The van der Waals surface area contributed by atoms with Crippen molar-refractivity contribution in [3.63, 3.8) is 0 Å². The summed E-state index contributed by atoms with van der Waals surface area (Å²) in [4.78, 5) is 53.7. The van der Waals surface area contributed by atoms with Gasteiger partial charge in [0.05, 0.1) is 16.7 Å². The van der Waals surface area contributed by atoms with E-state index in [0.29, 0.717) is 24.8 Å². The van der Waals surface area contributed by atoms with Crippen LogP contribution in [0.3, 0.4) is 0 Å². The van der Waals surface area contributed by atoms with Crippen molar-refractivity contribution < 1.29 is 43.3 Å².